The Morgan fingerprint density at radius 3 is 2.44 bits per heavy atom. The summed E-state index contributed by atoms with van der Waals surface area (Å²) in [5.41, 5.74) is 0.393. The maximum absolute atomic E-state index is 11.3. The molecule has 3 unspecified atom stereocenters. The molecule has 7 heteroatoms. The van der Waals surface area contributed by atoms with Gasteiger partial charge < -0.3 is 28.4 Å². The number of hydrogen-bond acceptors (Lipinski definition) is 7. The standard InChI is InChI=1S/C18H30O7/c1-12(2)16(19)21-9-7-8-20-10-13-15(25-18(5,6)24-13)14-11-22-17(3,4)23-14/h13-15H,1,7-11H2,2-6H3. The molecule has 3 atom stereocenters. The van der Waals surface area contributed by atoms with Crippen LogP contribution in [0, 0.1) is 0 Å². The third-order valence-electron chi connectivity index (χ3n) is 3.92. The van der Waals surface area contributed by atoms with Crippen LogP contribution in [-0.4, -0.2) is 62.3 Å². The highest BCUT2D eigenvalue weighted by Crippen LogP contribution is 2.35. The molecule has 0 saturated carbocycles. The minimum atomic E-state index is -0.689. The number of hydrogen-bond donors (Lipinski definition) is 0. The Kier molecular flexibility index (Phi) is 6.62. The minimum Gasteiger partial charge on any atom is -0.462 e. The first-order chi connectivity index (χ1) is 11.6. The molecule has 0 amide bonds. The van der Waals surface area contributed by atoms with Crippen molar-refractivity contribution in [2.75, 3.05) is 26.4 Å². The van der Waals surface area contributed by atoms with Crippen LogP contribution in [0.4, 0.5) is 0 Å². The maximum Gasteiger partial charge on any atom is 0.333 e. The lowest BCUT2D eigenvalue weighted by Crippen LogP contribution is -2.40. The Hall–Kier alpha value is -0.990. The molecule has 144 valence electrons. The monoisotopic (exact) mass is 358 g/mol. The summed E-state index contributed by atoms with van der Waals surface area (Å²) >= 11 is 0. The van der Waals surface area contributed by atoms with Gasteiger partial charge >= 0.3 is 5.97 Å². The van der Waals surface area contributed by atoms with Crippen LogP contribution < -0.4 is 0 Å². The normalized spacial score (nSPS) is 30.4. The van der Waals surface area contributed by atoms with Gasteiger partial charge in [0.15, 0.2) is 11.6 Å². The Morgan fingerprint density at radius 2 is 1.84 bits per heavy atom. The van der Waals surface area contributed by atoms with Crippen molar-refractivity contribution in [3.63, 3.8) is 0 Å². The Balaban J connectivity index is 1.73. The topological polar surface area (TPSA) is 72.5 Å². The van der Waals surface area contributed by atoms with Gasteiger partial charge in [-0.05, 0) is 34.6 Å². The van der Waals surface area contributed by atoms with Gasteiger partial charge in [-0.2, -0.15) is 0 Å². The van der Waals surface area contributed by atoms with Crippen molar-refractivity contribution in [2.45, 2.75) is 70.9 Å². The summed E-state index contributed by atoms with van der Waals surface area (Å²) in [5.74, 6) is -1.68. The highest BCUT2D eigenvalue weighted by Gasteiger charge is 2.49. The van der Waals surface area contributed by atoms with Gasteiger partial charge in [0, 0.05) is 18.6 Å². The molecular formula is C18H30O7. The molecule has 0 radical (unpaired) electrons. The first kappa shape index (κ1) is 20.3. The second-order valence-electron chi connectivity index (χ2n) is 7.35. The maximum atomic E-state index is 11.3. The fourth-order valence-corrected chi connectivity index (χ4v) is 2.83. The number of carbonyl (C=O) groups excluding carboxylic acids is 1. The molecule has 0 N–H and O–H groups in total. The lowest BCUT2D eigenvalue weighted by molar-refractivity contribution is -0.175. The Morgan fingerprint density at radius 1 is 1.12 bits per heavy atom. The summed E-state index contributed by atoms with van der Waals surface area (Å²) in [6, 6.07) is 0. The predicted molar refractivity (Wildman–Crippen MR) is 89.9 cm³/mol. The van der Waals surface area contributed by atoms with E-state index in [-0.39, 0.29) is 24.3 Å². The Labute approximate surface area is 149 Å². The van der Waals surface area contributed by atoms with E-state index in [1.807, 2.05) is 27.7 Å². The number of ether oxygens (including phenoxy) is 6. The van der Waals surface area contributed by atoms with E-state index in [0.29, 0.717) is 38.4 Å². The van der Waals surface area contributed by atoms with E-state index in [1.54, 1.807) is 6.92 Å². The van der Waals surface area contributed by atoms with Crippen LogP contribution in [-0.2, 0) is 33.2 Å². The van der Waals surface area contributed by atoms with Crippen molar-refractivity contribution in [1.29, 1.82) is 0 Å². The predicted octanol–water partition coefficient (Wildman–Crippen LogP) is 2.18. The van der Waals surface area contributed by atoms with Crippen molar-refractivity contribution in [3.8, 4) is 0 Å². The zero-order valence-corrected chi connectivity index (χ0v) is 15.8. The highest BCUT2D eigenvalue weighted by atomic mass is 16.8. The van der Waals surface area contributed by atoms with Crippen LogP contribution in [0.25, 0.3) is 0 Å². The average molecular weight is 358 g/mol. The molecule has 2 saturated heterocycles. The molecule has 0 spiro atoms. The summed E-state index contributed by atoms with van der Waals surface area (Å²) in [4.78, 5) is 11.3. The van der Waals surface area contributed by atoms with Crippen molar-refractivity contribution in [1.82, 2.24) is 0 Å². The SMILES string of the molecule is C=C(C)C(=O)OCCCOCC1OC(C)(C)OC1C1COC(C)(C)O1. The fourth-order valence-electron chi connectivity index (χ4n) is 2.83. The summed E-state index contributed by atoms with van der Waals surface area (Å²) in [6.45, 7) is 14.3. The van der Waals surface area contributed by atoms with Crippen LogP contribution in [0.3, 0.4) is 0 Å². The van der Waals surface area contributed by atoms with Crippen LogP contribution in [0.5, 0.6) is 0 Å². The molecule has 2 aliphatic heterocycles. The van der Waals surface area contributed by atoms with Gasteiger partial charge in [0.2, 0.25) is 0 Å². The van der Waals surface area contributed by atoms with E-state index in [0.717, 1.165) is 0 Å². The average Bonchev–Trinajstić information content (AvgIpc) is 3.01. The fraction of sp³-hybridized carbons (Fsp3) is 0.833. The summed E-state index contributed by atoms with van der Waals surface area (Å²) in [7, 11) is 0. The van der Waals surface area contributed by atoms with Gasteiger partial charge in [-0.3, -0.25) is 0 Å². The van der Waals surface area contributed by atoms with Crippen molar-refractivity contribution >= 4 is 5.97 Å². The van der Waals surface area contributed by atoms with Crippen LogP contribution >= 0.6 is 0 Å². The van der Waals surface area contributed by atoms with E-state index in [1.165, 1.54) is 0 Å². The molecule has 0 aromatic heterocycles. The molecule has 0 bridgehead atoms. The van der Waals surface area contributed by atoms with Gasteiger partial charge in [0.25, 0.3) is 0 Å². The van der Waals surface area contributed by atoms with Crippen LogP contribution in [0.15, 0.2) is 12.2 Å². The molecular weight excluding hydrogens is 328 g/mol. The summed E-state index contributed by atoms with van der Waals surface area (Å²) < 4.78 is 34.2. The second kappa shape index (κ2) is 8.14. The lowest BCUT2D eigenvalue weighted by Gasteiger charge is -2.23. The van der Waals surface area contributed by atoms with Gasteiger partial charge in [0.05, 0.1) is 19.8 Å². The molecule has 2 aliphatic rings. The van der Waals surface area contributed by atoms with Gasteiger partial charge in [-0.1, -0.05) is 6.58 Å². The molecule has 0 aromatic rings. The third-order valence-corrected chi connectivity index (χ3v) is 3.92. The largest absolute Gasteiger partial charge is 0.462 e. The molecule has 25 heavy (non-hydrogen) atoms. The lowest BCUT2D eigenvalue weighted by atomic mass is 10.1. The quantitative estimate of drug-likeness (QED) is 0.374. The minimum absolute atomic E-state index is 0.193. The first-order valence-corrected chi connectivity index (χ1v) is 8.67. The smallest absolute Gasteiger partial charge is 0.333 e. The summed E-state index contributed by atoms with van der Waals surface area (Å²) in [5, 5.41) is 0. The Bertz CT molecular complexity index is 486. The van der Waals surface area contributed by atoms with E-state index in [4.69, 9.17) is 28.4 Å². The zero-order chi connectivity index (χ0) is 18.7. The van der Waals surface area contributed by atoms with Crippen LogP contribution in [0.1, 0.15) is 41.0 Å². The first-order valence-electron chi connectivity index (χ1n) is 8.67. The van der Waals surface area contributed by atoms with Gasteiger partial charge in [-0.25, -0.2) is 4.79 Å². The van der Waals surface area contributed by atoms with E-state index in [9.17, 15) is 4.79 Å². The van der Waals surface area contributed by atoms with Crippen molar-refractivity contribution in [2.24, 2.45) is 0 Å². The van der Waals surface area contributed by atoms with Gasteiger partial charge in [-0.15, -0.1) is 0 Å². The molecule has 7 nitrogen and oxygen atoms in total. The van der Waals surface area contributed by atoms with E-state index in [2.05, 4.69) is 6.58 Å². The van der Waals surface area contributed by atoms with Crippen molar-refractivity contribution in [3.05, 3.63) is 12.2 Å². The second-order valence-corrected chi connectivity index (χ2v) is 7.35. The third kappa shape index (κ3) is 6.04. The highest BCUT2D eigenvalue weighted by molar-refractivity contribution is 5.86. The summed E-state index contributed by atoms with van der Waals surface area (Å²) in [6.07, 6.45) is -0.0770. The van der Waals surface area contributed by atoms with E-state index < -0.39 is 11.6 Å². The van der Waals surface area contributed by atoms with Crippen LogP contribution in [0.2, 0.25) is 0 Å². The molecule has 0 aliphatic carbocycles. The number of carbonyl (C=O) groups is 1. The molecule has 0 aromatic carbocycles. The molecule has 2 fully saturated rings. The van der Waals surface area contributed by atoms with E-state index >= 15 is 0 Å². The zero-order valence-electron chi connectivity index (χ0n) is 15.8. The molecule has 2 rings (SSSR count). The molecule has 2 heterocycles. The number of rotatable bonds is 8. The van der Waals surface area contributed by atoms with Gasteiger partial charge in [0.1, 0.15) is 18.3 Å². The van der Waals surface area contributed by atoms with Crippen molar-refractivity contribution < 1.29 is 33.2 Å². The number of esters is 1.